The number of benzene rings is 1. The highest BCUT2D eigenvalue weighted by Gasteiger charge is 2.02. The lowest BCUT2D eigenvalue weighted by Crippen LogP contribution is -2.10. The van der Waals surface area contributed by atoms with Crippen molar-refractivity contribution in [1.29, 1.82) is 0 Å². The Labute approximate surface area is 86.2 Å². The Kier molecular flexibility index (Phi) is 4.06. The van der Waals surface area contributed by atoms with Gasteiger partial charge >= 0.3 is 0 Å². The van der Waals surface area contributed by atoms with E-state index >= 15 is 0 Å². The molecule has 0 aliphatic rings. The Balaban J connectivity index is 2.81. The van der Waals surface area contributed by atoms with Crippen molar-refractivity contribution in [3.05, 3.63) is 33.3 Å². The first-order valence-corrected chi connectivity index (χ1v) is 5.00. The molecule has 0 atom stereocenters. The lowest BCUT2D eigenvalue weighted by molar-refractivity contribution is 0.790. The van der Waals surface area contributed by atoms with Crippen LogP contribution in [-0.2, 0) is 6.42 Å². The summed E-state index contributed by atoms with van der Waals surface area (Å²) < 4.78 is 1.09. The molecule has 0 unspecified atom stereocenters. The van der Waals surface area contributed by atoms with E-state index in [1.165, 1.54) is 5.56 Å². The van der Waals surface area contributed by atoms with Crippen LogP contribution >= 0.6 is 27.5 Å². The third kappa shape index (κ3) is 2.47. The Bertz CT molecular complexity index is 242. The number of hydrogen-bond acceptors (Lipinski definition) is 1. The Morgan fingerprint density at radius 1 is 1.50 bits per heavy atom. The smallest absolute Gasteiger partial charge is 0.0449 e. The van der Waals surface area contributed by atoms with Crippen LogP contribution in [0.5, 0.6) is 0 Å². The second kappa shape index (κ2) is 4.85. The average Bonchev–Trinajstić information content (AvgIpc) is 2.04. The summed E-state index contributed by atoms with van der Waals surface area (Å²) in [6, 6.07) is 5.86. The van der Waals surface area contributed by atoms with Crippen LogP contribution < -0.4 is 5.32 Å². The molecule has 0 radical (unpaired) electrons. The molecule has 1 N–H and O–H groups in total. The zero-order valence-corrected chi connectivity index (χ0v) is 9.24. The first-order chi connectivity index (χ1) is 5.75. The standard InChI is InChI=1S/C9H11BrClN/c1-12-6-5-7-8(10)3-2-4-9(7)11/h2-4,12H,5-6H2,1H3. The molecule has 1 nitrogen and oxygen atoms in total. The van der Waals surface area contributed by atoms with Crippen LogP contribution in [0.25, 0.3) is 0 Å². The van der Waals surface area contributed by atoms with E-state index in [0.29, 0.717) is 0 Å². The van der Waals surface area contributed by atoms with Gasteiger partial charge < -0.3 is 5.32 Å². The van der Waals surface area contributed by atoms with Gasteiger partial charge in [0.1, 0.15) is 0 Å². The summed E-state index contributed by atoms with van der Waals surface area (Å²) in [5.41, 5.74) is 1.17. The summed E-state index contributed by atoms with van der Waals surface area (Å²) in [4.78, 5) is 0. The zero-order valence-electron chi connectivity index (χ0n) is 6.90. The number of rotatable bonds is 3. The molecule has 0 aliphatic heterocycles. The fourth-order valence-corrected chi connectivity index (χ4v) is 1.97. The van der Waals surface area contributed by atoms with Crippen LogP contribution in [-0.4, -0.2) is 13.6 Å². The molecule has 1 aromatic carbocycles. The van der Waals surface area contributed by atoms with Gasteiger partial charge in [-0.2, -0.15) is 0 Å². The molecule has 1 rings (SSSR count). The van der Waals surface area contributed by atoms with E-state index in [1.54, 1.807) is 0 Å². The number of likely N-dealkylation sites (N-methyl/N-ethyl adjacent to an activating group) is 1. The van der Waals surface area contributed by atoms with E-state index in [-0.39, 0.29) is 0 Å². The molecule has 0 saturated heterocycles. The van der Waals surface area contributed by atoms with Gasteiger partial charge in [0.25, 0.3) is 0 Å². The summed E-state index contributed by atoms with van der Waals surface area (Å²) in [5.74, 6) is 0. The maximum absolute atomic E-state index is 6.01. The Morgan fingerprint density at radius 2 is 2.25 bits per heavy atom. The summed E-state index contributed by atoms with van der Waals surface area (Å²) >= 11 is 9.47. The lowest BCUT2D eigenvalue weighted by atomic mass is 10.1. The highest BCUT2D eigenvalue weighted by molar-refractivity contribution is 9.10. The topological polar surface area (TPSA) is 12.0 Å². The number of halogens is 2. The van der Waals surface area contributed by atoms with Crippen molar-refractivity contribution in [2.24, 2.45) is 0 Å². The molecular weight excluding hydrogens is 237 g/mol. The van der Waals surface area contributed by atoms with Crippen LogP contribution in [0.4, 0.5) is 0 Å². The van der Waals surface area contributed by atoms with Gasteiger partial charge in [0.2, 0.25) is 0 Å². The highest BCUT2D eigenvalue weighted by atomic mass is 79.9. The predicted octanol–water partition coefficient (Wildman–Crippen LogP) is 2.86. The molecule has 0 spiro atoms. The zero-order chi connectivity index (χ0) is 8.97. The fourth-order valence-electron chi connectivity index (χ4n) is 1.02. The van der Waals surface area contributed by atoms with Crippen molar-refractivity contribution < 1.29 is 0 Å². The minimum absolute atomic E-state index is 0.833. The second-order valence-electron chi connectivity index (χ2n) is 2.55. The van der Waals surface area contributed by atoms with E-state index < -0.39 is 0 Å². The number of hydrogen-bond donors (Lipinski definition) is 1. The maximum atomic E-state index is 6.01. The van der Waals surface area contributed by atoms with Gasteiger partial charge in [-0.05, 0) is 37.7 Å². The molecular formula is C9H11BrClN. The van der Waals surface area contributed by atoms with Crippen LogP contribution in [0.2, 0.25) is 5.02 Å². The molecule has 0 amide bonds. The van der Waals surface area contributed by atoms with Crippen molar-refractivity contribution in [2.75, 3.05) is 13.6 Å². The average molecular weight is 249 g/mol. The van der Waals surface area contributed by atoms with Crippen LogP contribution in [0.3, 0.4) is 0 Å². The minimum Gasteiger partial charge on any atom is -0.319 e. The summed E-state index contributed by atoms with van der Waals surface area (Å²) in [6.07, 6.45) is 0.955. The van der Waals surface area contributed by atoms with Gasteiger partial charge in [-0.3, -0.25) is 0 Å². The molecule has 0 aliphatic carbocycles. The van der Waals surface area contributed by atoms with Crippen molar-refractivity contribution in [1.82, 2.24) is 5.32 Å². The SMILES string of the molecule is CNCCc1c(Cl)cccc1Br. The lowest BCUT2D eigenvalue weighted by Gasteiger charge is -2.05. The molecule has 1 aromatic rings. The molecule has 0 bridgehead atoms. The largest absolute Gasteiger partial charge is 0.319 e. The molecule has 0 fully saturated rings. The van der Waals surface area contributed by atoms with Crippen molar-refractivity contribution >= 4 is 27.5 Å². The fraction of sp³-hybridized carbons (Fsp3) is 0.333. The van der Waals surface area contributed by atoms with Gasteiger partial charge in [0, 0.05) is 9.50 Å². The summed E-state index contributed by atoms with van der Waals surface area (Å²) in [6.45, 7) is 0.947. The second-order valence-corrected chi connectivity index (χ2v) is 3.82. The summed E-state index contributed by atoms with van der Waals surface area (Å²) in [7, 11) is 1.94. The van der Waals surface area contributed by atoms with Gasteiger partial charge in [-0.1, -0.05) is 33.6 Å². The normalized spacial score (nSPS) is 10.2. The first-order valence-electron chi connectivity index (χ1n) is 3.83. The van der Waals surface area contributed by atoms with E-state index in [4.69, 9.17) is 11.6 Å². The molecule has 0 aromatic heterocycles. The van der Waals surface area contributed by atoms with Crippen LogP contribution in [0.1, 0.15) is 5.56 Å². The Morgan fingerprint density at radius 3 is 2.83 bits per heavy atom. The molecule has 3 heteroatoms. The molecule has 12 heavy (non-hydrogen) atoms. The molecule has 0 heterocycles. The predicted molar refractivity (Wildman–Crippen MR) is 56.8 cm³/mol. The van der Waals surface area contributed by atoms with E-state index in [0.717, 1.165) is 22.5 Å². The molecule has 0 saturated carbocycles. The summed E-state index contributed by atoms with van der Waals surface area (Å²) in [5, 5.41) is 3.92. The maximum Gasteiger partial charge on any atom is 0.0449 e. The van der Waals surface area contributed by atoms with Crippen molar-refractivity contribution in [2.45, 2.75) is 6.42 Å². The van der Waals surface area contributed by atoms with Gasteiger partial charge in [0.15, 0.2) is 0 Å². The minimum atomic E-state index is 0.833. The molecule has 66 valence electrons. The third-order valence-electron chi connectivity index (χ3n) is 1.69. The van der Waals surface area contributed by atoms with E-state index in [1.807, 2.05) is 25.2 Å². The first kappa shape index (κ1) is 10.0. The van der Waals surface area contributed by atoms with Crippen molar-refractivity contribution in [3.63, 3.8) is 0 Å². The van der Waals surface area contributed by atoms with Gasteiger partial charge in [-0.15, -0.1) is 0 Å². The van der Waals surface area contributed by atoms with Crippen LogP contribution in [0.15, 0.2) is 22.7 Å². The highest BCUT2D eigenvalue weighted by Crippen LogP contribution is 2.24. The van der Waals surface area contributed by atoms with E-state index in [9.17, 15) is 0 Å². The number of nitrogens with one attached hydrogen (secondary N) is 1. The van der Waals surface area contributed by atoms with E-state index in [2.05, 4.69) is 21.2 Å². The van der Waals surface area contributed by atoms with Crippen molar-refractivity contribution in [3.8, 4) is 0 Å². The quantitative estimate of drug-likeness (QED) is 0.867. The monoisotopic (exact) mass is 247 g/mol. The van der Waals surface area contributed by atoms with Gasteiger partial charge in [0.05, 0.1) is 0 Å². The van der Waals surface area contributed by atoms with Gasteiger partial charge in [-0.25, -0.2) is 0 Å². The Hall–Kier alpha value is -0.0500. The van der Waals surface area contributed by atoms with Crippen LogP contribution in [0, 0.1) is 0 Å². The third-order valence-corrected chi connectivity index (χ3v) is 2.78.